The van der Waals surface area contributed by atoms with Gasteiger partial charge in [-0.05, 0) is 56.0 Å². The lowest BCUT2D eigenvalue weighted by molar-refractivity contribution is 0.123. The monoisotopic (exact) mass is 438 g/mol. The molecule has 2 saturated heterocycles. The molecular formula is C26H26N6O. The summed E-state index contributed by atoms with van der Waals surface area (Å²) in [5, 5.41) is 9.30. The van der Waals surface area contributed by atoms with Crippen LogP contribution in [0.15, 0.2) is 48.7 Å². The molecule has 7 nitrogen and oxygen atoms in total. The number of para-hydroxylation sites is 1. The Labute approximate surface area is 192 Å². The molecule has 0 radical (unpaired) electrons. The summed E-state index contributed by atoms with van der Waals surface area (Å²) in [5.41, 5.74) is 5.61. The van der Waals surface area contributed by atoms with E-state index in [1.165, 1.54) is 0 Å². The molecule has 5 heterocycles. The largest absolute Gasteiger partial charge is 0.378 e. The van der Waals surface area contributed by atoms with Crippen molar-refractivity contribution in [3.63, 3.8) is 0 Å². The number of pyridine rings is 1. The fourth-order valence-corrected chi connectivity index (χ4v) is 4.82. The third kappa shape index (κ3) is 3.92. The maximum Gasteiger partial charge on any atom is 0.178 e. The number of hydrogen-bond acceptors (Lipinski definition) is 6. The van der Waals surface area contributed by atoms with Crippen LogP contribution in [-0.4, -0.2) is 59.0 Å². The molecule has 166 valence electrons. The molecule has 1 aromatic carbocycles. The van der Waals surface area contributed by atoms with Crippen molar-refractivity contribution in [1.82, 2.24) is 24.9 Å². The zero-order chi connectivity index (χ0) is 22.0. The minimum absolute atomic E-state index is 0.377. The maximum atomic E-state index is 5.55. The first-order valence-electron chi connectivity index (χ1n) is 11.7. The normalized spacial score (nSPS) is 17.3. The Hall–Kier alpha value is -3.47. The Kier molecular flexibility index (Phi) is 5.38. The van der Waals surface area contributed by atoms with Crippen LogP contribution in [0.3, 0.4) is 0 Å². The molecule has 0 spiro atoms. The van der Waals surface area contributed by atoms with Gasteiger partial charge in [0, 0.05) is 24.4 Å². The molecule has 7 heteroatoms. The van der Waals surface area contributed by atoms with Crippen LogP contribution in [0.1, 0.15) is 35.8 Å². The number of nitrogens with zero attached hydrogens (tertiary/aromatic N) is 5. The second-order valence-electron chi connectivity index (χ2n) is 8.56. The SMILES string of the molecule is C(#Cc1nc2c(N3CCOCC3)ccnn2c1C1CCNCC1)c1ccc2ccccc2n1. The lowest BCUT2D eigenvalue weighted by Gasteiger charge is -2.29. The van der Waals surface area contributed by atoms with Gasteiger partial charge in [0.05, 0.1) is 36.3 Å². The average molecular weight is 439 g/mol. The van der Waals surface area contributed by atoms with Gasteiger partial charge in [-0.25, -0.2) is 14.5 Å². The summed E-state index contributed by atoms with van der Waals surface area (Å²) in [4.78, 5) is 12.1. The number of morpholine rings is 1. The second-order valence-corrected chi connectivity index (χ2v) is 8.56. The minimum atomic E-state index is 0.377. The van der Waals surface area contributed by atoms with Crippen LogP contribution in [0, 0.1) is 11.8 Å². The van der Waals surface area contributed by atoms with E-state index >= 15 is 0 Å². The molecule has 3 aromatic heterocycles. The van der Waals surface area contributed by atoms with Crippen molar-refractivity contribution in [3.05, 3.63) is 65.7 Å². The fraction of sp³-hybridized carbons (Fsp3) is 0.346. The molecule has 33 heavy (non-hydrogen) atoms. The van der Waals surface area contributed by atoms with Crippen LogP contribution in [0.25, 0.3) is 16.6 Å². The minimum Gasteiger partial charge on any atom is -0.378 e. The Morgan fingerprint density at radius 1 is 0.939 bits per heavy atom. The van der Waals surface area contributed by atoms with Crippen molar-refractivity contribution in [2.75, 3.05) is 44.3 Å². The highest BCUT2D eigenvalue weighted by molar-refractivity contribution is 5.79. The molecule has 1 N–H and O–H groups in total. The molecule has 2 aliphatic rings. The summed E-state index contributed by atoms with van der Waals surface area (Å²) in [5.74, 6) is 7.02. The van der Waals surface area contributed by atoms with Crippen molar-refractivity contribution in [2.24, 2.45) is 0 Å². The molecule has 0 amide bonds. The predicted octanol–water partition coefficient (Wildman–Crippen LogP) is 2.98. The Balaban J connectivity index is 1.46. The summed E-state index contributed by atoms with van der Waals surface area (Å²) >= 11 is 0. The van der Waals surface area contributed by atoms with Crippen molar-refractivity contribution < 1.29 is 4.74 Å². The van der Waals surface area contributed by atoms with Gasteiger partial charge in [-0.2, -0.15) is 5.10 Å². The first-order valence-corrected chi connectivity index (χ1v) is 11.7. The molecule has 2 fully saturated rings. The molecule has 2 aliphatic heterocycles. The molecule has 0 aliphatic carbocycles. The summed E-state index contributed by atoms with van der Waals surface area (Å²) in [7, 11) is 0. The van der Waals surface area contributed by atoms with Gasteiger partial charge >= 0.3 is 0 Å². The summed E-state index contributed by atoms with van der Waals surface area (Å²) in [6.07, 6.45) is 3.99. The van der Waals surface area contributed by atoms with Crippen molar-refractivity contribution in [3.8, 4) is 11.8 Å². The zero-order valence-corrected chi connectivity index (χ0v) is 18.5. The van der Waals surface area contributed by atoms with Crippen LogP contribution in [0.4, 0.5) is 5.69 Å². The summed E-state index contributed by atoms with van der Waals surface area (Å²) in [6.45, 7) is 5.18. The number of piperidine rings is 1. The van der Waals surface area contributed by atoms with Crippen LogP contribution in [-0.2, 0) is 4.74 Å². The zero-order valence-electron chi connectivity index (χ0n) is 18.5. The molecule has 0 atom stereocenters. The van der Waals surface area contributed by atoms with Gasteiger partial charge in [-0.3, -0.25) is 0 Å². The van der Waals surface area contributed by atoms with Gasteiger partial charge in [-0.15, -0.1) is 0 Å². The fourth-order valence-electron chi connectivity index (χ4n) is 4.82. The smallest absolute Gasteiger partial charge is 0.178 e. The molecule has 0 bridgehead atoms. The lowest BCUT2D eigenvalue weighted by atomic mass is 9.93. The van der Waals surface area contributed by atoms with E-state index in [2.05, 4.69) is 40.3 Å². The quantitative estimate of drug-likeness (QED) is 0.486. The molecule has 6 rings (SSSR count). The van der Waals surface area contributed by atoms with E-state index < -0.39 is 0 Å². The maximum absolute atomic E-state index is 5.55. The van der Waals surface area contributed by atoms with E-state index in [9.17, 15) is 0 Å². The number of nitrogens with one attached hydrogen (secondary N) is 1. The second kappa shape index (κ2) is 8.81. The van der Waals surface area contributed by atoms with E-state index in [-0.39, 0.29) is 0 Å². The average Bonchev–Trinajstić information content (AvgIpc) is 3.27. The Morgan fingerprint density at radius 3 is 2.67 bits per heavy atom. The van der Waals surface area contributed by atoms with E-state index in [4.69, 9.17) is 19.8 Å². The number of rotatable bonds is 2. The van der Waals surface area contributed by atoms with Crippen LogP contribution < -0.4 is 10.2 Å². The van der Waals surface area contributed by atoms with Crippen molar-refractivity contribution >= 4 is 22.2 Å². The highest BCUT2D eigenvalue weighted by Crippen LogP contribution is 2.31. The van der Waals surface area contributed by atoms with E-state index in [0.29, 0.717) is 5.92 Å². The van der Waals surface area contributed by atoms with Gasteiger partial charge < -0.3 is 15.0 Å². The number of aromatic nitrogens is 4. The van der Waals surface area contributed by atoms with Gasteiger partial charge in [-0.1, -0.05) is 24.3 Å². The first kappa shape index (κ1) is 20.2. The number of hydrogen-bond donors (Lipinski definition) is 1. The van der Waals surface area contributed by atoms with Crippen LogP contribution in [0.5, 0.6) is 0 Å². The Morgan fingerprint density at radius 2 is 1.79 bits per heavy atom. The van der Waals surface area contributed by atoms with Crippen molar-refractivity contribution in [1.29, 1.82) is 0 Å². The van der Waals surface area contributed by atoms with Gasteiger partial charge in [0.25, 0.3) is 0 Å². The number of ether oxygens (including phenoxy) is 1. The number of anilines is 1. The van der Waals surface area contributed by atoms with Crippen LogP contribution in [0.2, 0.25) is 0 Å². The first-order chi connectivity index (χ1) is 16.4. The van der Waals surface area contributed by atoms with Gasteiger partial charge in [0.2, 0.25) is 0 Å². The van der Waals surface area contributed by atoms with E-state index in [1.807, 2.05) is 35.0 Å². The van der Waals surface area contributed by atoms with Crippen molar-refractivity contribution in [2.45, 2.75) is 18.8 Å². The van der Waals surface area contributed by atoms with Gasteiger partial charge in [0.1, 0.15) is 11.4 Å². The molecule has 0 unspecified atom stereocenters. The molecule has 0 saturated carbocycles. The summed E-state index contributed by atoms with van der Waals surface area (Å²) < 4.78 is 7.58. The van der Waals surface area contributed by atoms with E-state index in [0.717, 1.165) is 91.6 Å². The number of fused-ring (bicyclic) bond motifs is 2. The predicted molar refractivity (Wildman–Crippen MR) is 129 cm³/mol. The number of imidazole rings is 1. The highest BCUT2D eigenvalue weighted by Gasteiger charge is 2.26. The standard InChI is InChI=1S/C26H26N6O/c1-2-4-22-19(3-1)5-6-21(29-22)7-8-23-25(20-9-12-27-13-10-20)32-26(30-23)24(11-14-28-32)31-15-17-33-18-16-31/h1-6,11,14,20,27H,9-10,12-13,15-18H2. The van der Waals surface area contributed by atoms with Crippen LogP contribution >= 0.6 is 0 Å². The summed E-state index contributed by atoms with van der Waals surface area (Å²) in [6, 6.07) is 14.2. The highest BCUT2D eigenvalue weighted by atomic mass is 16.5. The van der Waals surface area contributed by atoms with Gasteiger partial charge in [0.15, 0.2) is 5.65 Å². The third-order valence-electron chi connectivity index (χ3n) is 6.52. The Bertz CT molecular complexity index is 1360. The third-order valence-corrected chi connectivity index (χ3v) is 6.52. The molecule has 4 aromatic rings. The van der Waals surface area contributed by atoms with E-state index in [1.54, 1.807) is 0 Å². The molecular weight excluding hydrogens is 412 g/mol. The topological polar surface area (TPSA) is 67.6 Å². The number of benzene rings is 1. The lowest BCUT2D eigenvalue weighted by Crippen LogP contribution is -2.36.